The van der Waals surface area contributed by atoms with Gasteiger partial charge in [0.15, 0.2) is 0 Å². The normalized spacial score (nSPS) is 9.29. The van der Waals surface area contributed by atoms with Crippen molar-refractivity contribution in [3.05, 3.63) is 35.4 Å². The molecule has 0 saturated heterocycles. The van der Waals surface area contributed by atoms with E-state index in [2.05, 4.69) is 30.9 Å². The Bertz CT molecular complexity index is 331. The first kappa shape index (κ1) is 10.8. The Balaban J connectivity index is 2.60. The molecule has 1 rings (SSSR count). The minimum absolute atomic E-state index is 0.226. The molecule has 0 unspecified atom stereocenters. The van der Waals surface area contributed by atoms with Crippen molar-refractivity contribution >= 4 is 0 Å². The zero-order valence-corrected chi connectivity index (χ0v) is 8.59. The van der Waals surface area contributed by atoms with E-state index < -0.39 is 0 Å². The van der Waals surface area contributed by atoms with Gasteiger partial charge in [0.2, 0.25) is 0 Å². The first-order valence-corrected chi connectivity index (χ1v) is 5.05. The Labute approximate surface area is 85.8 Å². The Morgan fingerprint density at radius 3 is 2.93 bits per heavy atom. The summed E-state index contributed by atoms with van der Waals surface area (Å²) in [6, 6.07) is 8.28. The van der Waals surface area contributed by atoms with E-state index in [1.807, 2.05) is 12.1 Å². The fourth-order valence-electron chi connectivity index (χ4n) is 1.20. The number of hydrogen-bond acceptors (Lipinski definition) is 1. The van der Waals surface area contributed by atoms with Gasteiger partial charge in [0.25, 0.3) is 0 Å². The zero-order chi connectivity index (χ0) is 10.2. The maximum absolute atomic E-state index is 8.58. The van der Waals surface area contributed by atoms with Gasteiger partial charge in [-0.05, 0) is 30.5 Å². The largest absolute Gasteiger partial charge is 0.396 e. The van der Waals surface area contributed by atoms with Crippen molar-refractivity contribution < 1.29 is 5.11 Å². The van der Waals surface area contributed by atoms with E-state index >= 15 is 0 Å². The lowest BCUT2D eigenvalue weighted by Crippen LogP contribution is -1.82. The fraction of sp³-hybridized carbons (Fsp3) is 0.385. The van der Waals surface area contributed by atoms with Crippen molar-refractivity contribution in [2.24, 2.45) is 0 Å². The highest BCUT2D eigenvalue weighted by atomic mass is 16.2. The number of rotatable bonds is 3. The Hall–Kier alpha value is -1.26. The summed E-state index contributed by atoms with van der Waals surface area (Å²) in [6.07, 6.45) is 2.58. The van der Waals surface area contributed by atoms with Gasteiger partial charge in [0.05, 0.1) is 0 Å². The topological polar surface area (TPSA) is 20.2 Å². The molecule has 0 spiro atoms. The van der Waals surface area contributed by atoms with Crippen LogP contribution in [0.2, 0.25) is 0 Å². The molecule has 1 aromatic carbocycles. The van der Waals surface area contributed by atoms with Crippen LogP contribution < -0.4 is 0 Å². The second-order valence-electron chi connectivity index (χ2n) is 3.18. The van der Waals surface area contributed by atoms with Crippen molar-refractivity contribution in [1.82, 2.24) is 0 Å². The molecular formula is C13H16O. The molecule has 0 fully saturated rings. The summed E-state index contributed by atoms with van der Waals surface area (Å²) >= 11 is 0. The van der Waals surface area contributed by atoms with Crippen LogP contribution in [-0.2, 0) is 6.42 Å². The summed E-state index contributed by atoms with van der Waals surface area (Å²) in [7, 11) is 0. The van der Waals surface area contributed by atoms with Crippen molar-refractivity contribution in [3.63, 3.8) is 0 Å². The number of hydrogen-bond donors (Lipinski definition) is 1. The lowest BCUT2D eigenvalue weighted by molar-refractivity contribution is 0.290. The van der Waals surface area contributed by atoms with Gasteiger partial charge in [-0.15, -0.1) is 0 Å². The van der Waals surface area contributed by atoms with Gasteiger partial charge in [-0.3, -0.25) is 0 Å². The molecular weight excluding hydrogens is 172 g/mol. The molecule has 0 atom stereocenters. The van der Waals surface area contributed by atoms with Crippen LogP contribution in [0.15, 0.2) is 24.3 Å². The van der Waals surface area contributed by atoms with Crippen molar-refractivity contribution in [3.8, 4) is 11.8 Å². The number of aliphatic hydroxyl groups is 1. The SMILES string of the molecule is CCc1cccc(C#CCCCO)c1. The second-order valence-corrected chi connectivity index (χ2v) is 3.18. The van der Waals surface area contributed by atoms with E-state index in [9.17, 15) is 0 Å². The van der Waals surface area contributed by atoms with E-state index in [0.29, 0.717) is 0 Å². The third-order valence-corrected chi connectivity index (χ3v) is 2.03. The molecule has 0 radical (unpaired) electrons. The standard InChI is InChI=1S/C13H16O/c1-2-12-8-6-9-13(11-12)7-4-3-5-10-14/h6,8-9,11,14H,2-3,5,10H2,1H3. The molecule has 1 nitrogen and oxygen atoms in total. The summed E-state index contributed by atoms with van der Waals surface area (Å²) in [5.41, 5.74) is 2.39. The van der Waals surface area contributed by atoms with Crippen LogP contribution in [0.25, 0.3) is 0 Å². The summed E-state index contributed by atoms with van der Waals surface area (Å²) in [5, 5.41) is 8.58. The van der Waals surface area contributed by atoms with Crippen molar-refractivity contribution in [2.45, 2.75) is 26.2 Å². The number of aliphatic hydroxyl groups excluding tert-OH is 1. The summed E-state index contributed by atoms with van der Waals surface area (Å²) < 4.78 is 0. The molecule has 0 aliphatic heterocycles. The Morgan fingerprint density at radius 1 is 1.36 bits per heavy atom. The minimum atomic E-state index is 0.226. The van der Waals surface area contributed by atoms with Crippen LogP contribution in [0.4, 0.5) is 0 Å². The highest BCUT2D eigenvalue weighted by Crippen LogP contribution is 2.04. The van der Waals surface area contributed by atoms with E-state index in [-0.39, 0.29) is 6.61 Å². The number of benzene rings is 1. The van der Waals surface area contributed by atoms with Crippen molar-refractivity contribution in [1.29, 1.82) is 0 Å². The first-order valence-electron chi connectivity index (χ1n) is 5.05. The highest BCUT2D eigenvalue weighted by Gasteiger charge is 1.89. The highest BCUT2D eigenvalue weighted by molar-refractivity contribution is 5.37. The van der Waals surface area contributed by atoms with Gasteiger partial charge >= 0.3 is 0 Å². The molecule has 14 heavy (non-hydrogen) atoms. The molecule has 0 heterocycles. The van der Waals surface area contributed by atoms with Gasteiger partial charge in [-0.2, -0.15) is 0 Å². The fourth-order valence-corrected chi connectivity index (χ4v) is 1.20. The zero-order valence-electron chi connectivity index (χ0n) is 8.59. The smallest absolute Gasteiger partial charge is 0.0440 e. The van der Waals surface area contributed by atoms with Gasteiger partial charge < -0.3 is 5.11 Å². The van der Waals surface area contributed by atoms with Crippen LogP contribution >= 0.6 is 0 Å². The first-order chi connectivity index (χ1) is 6.86. The molecule has 0 amide bonds. The van der Waals surface area contributed by atoms with Crippen LogP contribution in [0.1, 0.15) is 30.9 Å². The van der Waals surface area contributed by atoms with Crippen LogP contribution in [0.3, 0.4) is 0 Å². The van der Waals surface area contributed by atoms with Gasteiger partial charge in [-0.25, -0.2) is 0 Å². The average Bonchev–Trinajstić information content (AvgIpc) is 2.25. The average molecular weight is 188 g/mol. The second kappa shape index (κ2) is 6.23. The molecule has 1 N–H and O–H groups in total. The van der Waals surface area contributed by atoms with Crippen LogP contribution in [0.5, 0.6) is 0 Å². The van der Waals surface area contributed by atoms with E-state index in [1.165, 1.54) is 5.56 Å². The van der Waals surface area contributed by atoms with Crippen molar-refractivity contribution in [2.75, 3.05) is 6.61 Å². The third kappa shape index (κ3) is 3.64. The summed E-state index contributed by atoms with van der Waals surface area (Å²) in [6.45, 7) is 2.36. The molecule has 0 aromatic heterocycles. The molecule has 74 valence electrons. The predicted octanol–water partition coefficient (Wildman–Crippen LogP) is 2.37. The number of aryl methyl sites for hydroxylation is 1. The third-order valence-electron chi connectivity index (χ3n) is 2.03. The summed E-state index contributed by atoms with van der Waals surface area (Å²) in [4.78, 5) is 0. The predicted molar refractivity (Wildman–Crippen MR) is 59.0 cm³/mol. The van der Waals surface area contributed by atoms with E-state index in [0.717, 1.165) is 24.8 Å². The molecule has 1 aromatic rings. The van der Waals surface area contributed by atoms with Gasteiger partial charge in [-0.1, -0.05) is 30.9 Å². The summed E-state index contributed by atoms with van der Waals surface area (Å²) in [5.74, 6) is 6.14. The Morgan fingerprint density at radius 2 is 2.21 bits per heavy atom. The maximum Gasteiger partial charge on any atom is 0.0440 e. The molecule has 0 saturated carbocycles. The minimum Gasteiger partial charge on any atom is -0.396 e. The molecule has 1 heteroatoms. The van der Waals surface area contributed by atoms with Gasteiger partial charge in [0.1, 0.15) is 0 Å². The lowest BCUT2D eigenvalue weighted by Gasteiger charge is -1.95. The van der Waals surface area contributed by atoms with Gasteiger partial charge in [0, 0.05) is 18.6 Å². The number of unbranched alkanes of at least 4 members (excludes halogenated alkanes) is 1. The quantitative estimate of drug-likeness (QED) is 0.570. The molecule has 0 aliphatic carbocycles. The lowest BCUT2D eigenvalue weighted by atomic mass is 10.1. The monoisotopic (exact) mass is 188 g/mol. The van der Waals surface area contributed by atoms with E-state index in [1.54, 1.807) is 0 Å². The Kier molecular flexibility index (Phi) is 4.82. The van der Waals surface area contributed by atoms with Crippen LogP contribution in [-0.4, -0.2) is 11.7 Å². The molecule has 0 aliphatic rings. The maximum atomic E-state index is 8.58. The molecule has 0 bridgehead atoms. The van der Waals surface area contributed by atoms with Crippen LogP contribution in [0, 0.1) is 11.8 Å². The van der Waals surface area contributed by atoms with E-state index in [4.69, 9.17) is 5.11 Å².